The second kappa shape index (κ2) is 13.5. The minimum atomic E-state index is -4.15. The maximum Gasteiger partial charge on any atom is 0.398 e. The van der Waals surface area contributed by atoms with Gasteiger partial charge in [0.15, 0.2) is 0 Å². The fourth-order valence-electron chi connectivity index (χ4n) is 3.26. The quantitative estimate of drug-likeness (QED) is 0.142. The highest BCUT2D eigenvalue weighted by Gasteiger charge is 2.27. The van der Waals surface area contributed by atoms with Crippen LogP contribution in [0.25, 0.3) is 11.1 Å². The summed E-state index contributed by atoms with van der Waals surface area (Å²) < 4.78 is 54.9. The Morgan fingerprint density at radius 3 is 2.24 bits per heavy atom. The Hall–Kier alpha value is -3.78. The average Bonchev–Trinajstić information content (AvgIpc) is 2.89. The first-order chi connectivity index (χ1) is 17.8. The molecule has 0 aromatic heterocycles. The molecule has 4 aromatic rings. The lowest BCUT2D eigenvalue weighted by Crippen LogP contribution is -2.10. The van der Waals surface area contributed by atoms with Gasteiger partial charge in [-0.2, -0.15) is 13.2 Å². The molecule has 0 unspecified atom stereocenters. The molecule has 8 heteroatoms. The molecule has 4 aromatic carbocycles. The largest absolute Gasteiger partial charge is 0.457 e. The standard InChI is InChI=1S/C19H16FNO.C10H9F3OS/c1-21-16-10-11-18(14-6-3-2-4-7-14)19(13-16)22-17-9-5-8-15(20)12-17;11-10(12,13)7-15-9-3-1-8(2-4-9)5-6-14/h2-13,21H,1H3;1-4,6H,5,7H2. The van der Waals surface area contributed by atoms with E-state index in [-0.39, 0.29) is 5.82 Å². The van der Waals surface area contributed by atoms with Gasteiger partial charge in [0.05, 0.1) is 5.75 Å². The molecule has 0 aliphatic carbocycles. The van der Waals surface area contributed by atoms with Crippen molar-refractivity contribution in [2.24, 2.45) is 0 Å². The predicted octanol–water partition coefficient (Wildman–Crippen LogP) is 8.41. The summed E-state index contributed by atoms with van der Waals surface area (Å²) in [6.45, 7) is 0. The molecule has 0 bridgehead atoms. The van der Waals surface area contributed by atoms with Crippen LogP contribution in [-0.4, -0.2) is 25.3 Å². The molecule has 37 heavy (non-hydrogen) atoms. The maximum atomic E-state index is 13.3. The zero-order valence-electron chi connectivity index (χ0n) is 20.0. The number of hydrogen-bond acceptors (Lipinski definition) is 4. The van der Waals surface area contributed by atoms with E-state index < -0.39 is 11.9 Å². The molecule has 0 aliphatic rings. The third-order valence-corrected chi connectivity index (χ3v) is 6.10. The normalized spacial score (nSPS) is 10.7. The van der Waals surface area contributed by atoms with E-state index in [0.29, 0.717) is 22.8 Å². The Balaban J connectivity index is 0.000000222. The van der Waals surface area contributed by atoms with Crippen molar-refractivity contribution in [1.29, 1.82) is 0 Å². The van der Waals surface area contributed by atoms with Gasteiger partial charge >= 0.3 is 6.18 Å². The topological polar surface area (TPSA) is 38.3 Å². The van der Waals surface area contributed by atoms with Gasteiger partial charge in [-0.3, -0.25) is 0 Å². The summed E-state index contributed by atoms with van der Waals surface area (Å²) in [7, 11) is 1.85. The van der Waals surface area contributed by atoms with Crippen molar-refractivity contribution in [3.05, 3.63) is 108 Å². The molecule has 0 aliphatic heterocycles. The number of alkyl halides is 3. The van der Waals surface area contributed by atoms with E-state index in [9.17, 15) is 22.4 Å². The van der Waals surface area contributed by atoms with Crippen LogP contribution in [0, 0.1) is 5.82 Å². The maximum absolute atomic E-state index is 13.3. The summed E-state index contributed by atoms with van der Waals surface area (Å²) in [6.07, 6.45) is -3.09. The fraction of sp³-hybridized carbons (Fsp3) is 0.138. The summed E-state index contributed by atoms with van der Waals surface area (Å²) in [5.74, 6) is -0.0438. The Bertz CT molecular complexity index is 1280. The highest BCUT2D eigenvalue weighted by Crippen LogP contribution is 2.35. The summed E-state index contributed by atoms with van der Waals surface area (Å²) in [5.41, 5.74) is 3.76. The number of ether oxygens (including phenoxy) is 1. The second-order valence-electron chi connectivity index (χ2n) is 7.80. The summed E-state index contributed by atoms with van der Waals surface area (Å²) >= 11 is 0.741. The lowest BCUT2D eigenvalue weighted by atomic mass is 10.0. The number of halogens is 4. The lowest BCUT2D eigenvalue weighted by molar-refractivity contribution is -0.107. The van der Waals surface area contributed by atoms with Gasteiger partial charge < -0.3 is 14.8 Å². The van der Waals surface area contributed by atoms with Gasteiger partial charge in [-0.25, -0.2) is 4.39 Å². The Labute approximate surface area is 217 Å². The average molecular weight is 528 g/mol. The fourth-order valence-corrected chi connectivity index (χ4v) is 3.92. The molecule has 0 spiro atoms. The van der Waals surface area contributed by atoms with Crippen LogP contribution in [0.3, 0.4) is 0 Å². The minimum absolute atomic E-state index is 0.296. The van der Waals surface area contributed by atoms with Crippen LogP contribution in [0.2, 0.25) is 0 Å². The van der Waals surface area contributed by atoms with Gasteiger partial charge in [0, 0.05) is 41.7 Å². The highest BCUT2D eigenvalue weighted by atomic mass is 32.2. The van der Waals surface area contributed by atoms with Gasteiger partial charge in [-0.05, 0) is 47.5 Å². The lowest BCUT2D eigenvalue weighted by Gasteiger charge is -2.13. The first-order valence-corrected chi connectivity index (χ1v) is 12.3. The molecule has 0 saturated carbocycles. The van der Waals surface area contributed by atoms with Crippen molar-refractivity contribution in [2.45, 2.75) is 17.5 Å². The minimum Gasteiger partial charge on any atom is -0.457 e. The molecular weight excluding hydrogens is 502 g/mol. The van der Waals surface area contributed by atoms with Crippen molar-refractivity contribution >= 4 is 23.7 Å². The van der Waals surface area contributed by atoms with Crippen molar-refractivity contribution in [2.75, 3.05) is 18.1 Å². The van der Waals surface area contributed by atoms with Gasteiger partial charge in [0.2, 0.25) is 0 Å². The van der Waals surface area contributed by atoms with E-state index in [0.717, 1.165) is 40.4 Å². The van der Waals surface area contributed by atoms with Crippen molar-refractivity contribution in [3.8, 4) is 22.6 Å². The third-order valence-electron chi connectivity index (χ3n) is 5.02. The SMILES string of the molecule is CNc1ccc(-c2ccccc2)c(Oc2cccc(F)c2)c1.O=CCc1ccc(SCC(F)(F)F)cc1. The number of aldehydes is 1. The number of rotatable bonds is 8. The molecule has 4 rings (SSSR count). The smallest absolute Gasteiger partial charge is 0.398 e. The van der Waals surface area contributed by atoms with E-state index in [4.69, 9.17) is 4.74 Å². The molecule has 192 valence electrons. The van der Waals surface area contributed by atoms with Crippen LogP contribution in [0.5, 0.6) is 11.5 Å². The van der Waals surface area contributed by atoms with Crippen molar-refractivity contribution < 1.29 is 27.1 Å². The molecule has 0 heterocycles. The van der Waals surface area contributed by atoms with Crippen LogP contribution >= 0.6 is 11.8 Å². The van der Waals surface area contributed by atoms with Crippen molar-refractivity contribution in [3.63, 3.8) is 0 Å². The van der Waals surface area contributed by atoms with Crippen LogP contribution in [0.4, 0.5) is 23.2 Å². The van der Waals surface area contributed by atoms with Crippen LogP contribution < -0.4 is 10.1 Å². The zero-order valence-corrected chi connectivity index (χ0v) is 20.8. The van der Waals surface area contributed by atoms with Gasteiger partial charge in [0.25, 0.3) is 0 Å². The number of carbonyl (C=O) groups is 1. The number of carbonyl (C=O) groups excluding carboxylic acids is 1. The Kier molecular flexibility index (Phi) is 10.1. The van der Waals surface area contributed by atoms with E-state index in [1.807, 2.05) is 55.6 Å². The molecule has 0 amide bonds. The van der Waals surface area contributed by atoms with Gasteiger partial charge in [-0.15, -0.1) is 11.8 Å². The van der Waals surface area contributed by atoms with Crippen LogP contribution in [0.15, 0.2) is 102 Å². The number of thioether (sulfide) groups is 1. The van der Waals surface area contributed by atoms with Crippen LogP contribution in [-0.2, 0) is 11.2 Å². The Morgan fingerprint density at radius 1 is 0.892 bits per heavy atom. The summed E-state index contributed by atoms with van der Waals surface area (Å²) in [6, 6.07) is 28.5. The monoisotopic (exact) mass is 527 g/mol. The number of nitrogens with one attached hydrogen (secondary N) is 1. The van der Waals surface area contributed by atoms with Gasteiger partial charge in [0.1, 0.15) is 23.6 Å². The molecule has 0 radical (unpaired) electrons. The number of benzene rings is 4. The molecule has 1 N–H and O–H groups in total. The first kappa shape index (κ1) is 27.8. The van der Waals surface area contributed by atoms with Crippen molar-refractivity contribution in [1.82, 2.24) is 0 Å². The number of anilines is 1. The number of hydrogen-bond donors (Lipinski definition) is 1. The van der Waals surface area contributed by atoms with E-state index in [2.05, 4.69) is 5.32 Å². The first-order valence-electron chi connectivity index (χ1n) is 11.3. The predicted molar refractivity (Wildman–Crippen MR) is 141 cm³/mol. The molecular formula is C29H25F4NO2S. The van der Waals surface area contributed by atoms with E-state index in [1.54, 1.807) is 36.4 Å². The molecule has 0 saturated heterocycles. The highest BCUT2D eigenvalue weighted by molar-refractivity contribution is 7.99. The Morgan fingerprint density at radius 2 is 1.62 bits per heavy atom. The molecule has 3 nitrogen and oxygen atoms in total. The third kappa shape index (κ3) is 9.31. The van der Waals surface area contributed by atoms with Crippen LogP contribution in [0.1, 0.15) is 5.56 Å². The molecule has 0 fully saturated rings. The second-order valence-corrected chi connectivity index (χ2v) is 8.85. The van der Waals surface area contributed by atoms with Gasteiger partial charge in [-0.1, -0.05) is 48.5 Å². The molecule has 0 atom stereocenters. The zero-order chi connectivity index (χ0) is 26.7. The van der Waals surface area contributed by atoms with E-state index in [1.165, 1.54) is 12.1 Å². The summed E-state index contributed by atoms with van der Waals surface area (Å²) in [4.78, 5) is 10.7. The van der Waals surface area contributed by atoms with E-state index >= 15 is 0 Å². The summed E-state index contributed by atoms with van der Waals surface area (Å²) in [5, 5.41) is 3.09.